The predicted molar refractivity (Wildman–Crippen MR) is 47.1 cm³/mol. The SMILES string of the molecule is NC(CO)c1cccc(C(F)(F)F)c1O. The number of phenols is 1. The van der Waals surface area contributed by atoms with Crippen LogP contribution in [0.4, 0.5) is 13.2 Å². The molecule has 0 aliphatic heterocycles. The number of hydrogen-bond acceptors (Lipinski definition) is 3. The number of halogens is 3. The zero-order chi connectivity index (χ0) is 11.6. The van der Waals surface area contributed by atoms with Gasteiger partial charge in [0.25, 0.3) is 0 Å². The van der Waals surface area contributed by atoms with Crippen molar-refractivity contribution in [2.75, 3.05) is 6.61 Å². The molecule has 6 heteroatoms. The molecule has 0 saturated carbocycles. The van der Waals surface area contributed by atoms with Crippen LogP contribution >= 0.6 is 0 Å². The molecule has 0 spiro atoms. The summed E-state index contributed by atoms with van der Waals surface area (Å²) in [6.45, 7) is -0.533. The van der Waals surface area contributed by atoms with Crippen molar-refractivity contribution < 1.29 is 23.4 Å². The minimum atomic E-state index is -4.63. The maximum absolute atomic E-state index is 12.3. The Labute approximate surface area is 84.0 Å². The van der Waals surface area contributed by atoms with Gasteiger partial charge in [-0.2, -0.15) is 13.2 Å². The van der Waals surface area contributed by atoms with E-state index in [1.54, 1.807) is 0 Å². The molecule has 0 radical (unpaired) electrons. The molecular formula is C9H10F3NO2. The van der Waals surface area contributed by atoms with Crippen LogP contribution in [0, 0.1) is 0 Å². The van der Waals surface area contributed by atoms with Crippen molar-refractivity contribution in [2.24, 2.45) is 5.73 Å². The summed E-state index contributed by atoms with van der Waals surface area (Å²) >= 11 is 0. The van der Waals surface area contributed by atoms with Crippen LogP contribution < -0.4 is 5.73 Å². The molecule has 1 aromatic rings. The van der Waals surface area contributed by atoms with E-state index in [4.69, 9.17) is 10.8 Å². The van der Waals surface area contributed by atoms with Gasteiger partial charge in [-0.05, 0) is 6.07 Å². The molecule has 84 valence electrons. The zero-order valence-electron chi connectivity index (χ0n) is 7.62. The second-order valence-electron chi connectivity index (χ2n) is 3.03. The summed E-state index contributed by atoms with van der Waals surface area (Å²) in [5.41, 5.74) is 4.06. The number of aliphatic hydroxyl groups is 1. The van der Waals surface area contributed by atoms with Crippen molar-refractivity contribution in [3.8, 4) is 5.75 Å². The van der Waals surface area contributed by atoms with Crippen LogP contribution in [0.2, 0.25) is 0 Å². The molecule has 0 aromatic heterocycles. The molecule has 0 fully saturated rings. The highest BCUT2D eigenvalue weighted by molar-refractivity contribution is 5.43. The Balaban J connectivity index is 3.23. The van der Waals surface area contributed by atoms with Gasteiger partial charge in [0.2, 0.25) is 0 Å². The van der Waals surface area contributed by atoms with Crippen LogP contribution in [-0.2, 0) is 6.18 Å². The number of nitrogens with two attached hydrogens (primary N) is 1. The number of benzene rings is 1. The van der Waals surface area contributed by atoms with E-state index in [1.165, 1.54) is 6.07 Å². The lowest BCUT2D eigenvalue weighted by molar-refractivity contribution is -0.138. The fourth-order valence-corrected chi connectivity index (χ4v) is 1.19. The number of phenolic OH excluding ortho intramolecular Hbond substituents is 1. The Kier molecular flexibility index (Phi) is 3.21. The smallest absolute Gasteiger partial charge is 0.419 e. The lowest BCUT2D eigenvalue weighted by atomic mass is 10.0. The van der Waals surface area contributed by atoms with Crippen LogP contribution in [0.15, 0.2) is 18.2 Å². The average Bonchev–Trinajstić information content (AvgIpc) is 2.15. The van der Waals surface area contributed by atoms with Gasteiger partial charge < -0.3 is 15.9 Å². The van der Waals surface area contributed by atoms with Crippen molar-refractivity contribution in [2.45, 2.75) is 12.2 Å². The summed E-state index contributed by atoms with van der Waals surface area (Å²) in [5.74, 6) is -0.924. The highest BCUT2D eigenvalue weighted by Crippen LogP contribution is 2.38. The Bertz CT molecular complexity index is 352. The van der Waals surface area contributed by atoms with E-state index >= 15 is 0 Å². The molecule has 1 atom stereocenters. The van der Waals surface area contributed by atoms with Crippen LogP contribution in [-0.4, -0.2) is 16.8 Å². The molecule has 0 heterocycles. The summed E-state index contributed by atoms with van der Waals surface area (Å²) in [6, 6.07) is 2.11. The quantitative estimate of drug-likeness (QED) is 0.707. The van der Waals surface area contributed by atoms with Gasteiger partial charge in [-0.15, -0.1) is 0 Å². The first-order valence-corrected chi connectivity index (χ1v) is 4.13. The average molecular weight is 221 g/mol. The first-order valence-electron chi connectivity index (χ1n) is 4.13. The van der Waals surface area contributed by atoms with E-state index in [1.807, 2.05) is 0 Å². The minimum Gasteiger partial charge on any atom is -0.507 e. The van der Waals surface area contributed by atoms with E-state index < -0.39 is 30.1 Å². The fourth-order valence-electron chi connectivity index (χ4n) is 1.19. The molecule has 0 saturated heterocycles. The highest BCUT2D eigenvalue weighted by atomic mass is 19.4. The van der Waals surface area contributed by atoms with Crippen molar-refractivity contribution in [3.63, 3.8) is 0 Å². The molecule has 0 bridgehead atoms. The summed E-state index contributed by atoms with van der Waals surface area (Å²) in [6.07, 6.45) is -4.63. The molecule has 3 nitrogen and oxygen atoms in total. The van der Waals surface area contributed by atoms with Crippen LogP contribution in [0.5, 0.6) is 5.75 Å². The third kappa shape index (κ3) is 2.40. The van der Waals surface area contributed by atoms with Crippen LogP contribution in [0.1, 0.15) is 17.2 Å². The maximum Gasteiger partial charge on any atom is 0.419 e. The van der Waals surface area contributed by atoms with E-state index in [0.717, 1.165) is 12.1 Å². The van der Waals surface area contributed by atoms with Crippen molar-refractivity contribution in [1.82, 2.24) is 0 Å². The van der Waals surface area contributed by atoms with Gasteiger partial charge >= 0.3 is 6.18 Å². The standard InChI is InChI=1S/C9H10F3NO2/c10-9(11,12)6-3-1-2-5(8(6)15)7(13)4-14/h1-3,7,14-15H,4,13H2. The van der Waals surface area contributed by atoms with Crippen molar-refractivity contribution >= 4 is 0 Å². The first-order chi connectivity index (χ1) is 6.88. The zero-order valence-corrected chi connectivity index (χ0v) is 7.62. The molecule has 1 aromatic carbocycles. The van der Waals surface area contributed by atoms with E-state index in [9.17, 15) is 18.3 Å². The summed E-state index contributed by atoms with van der Waals surface area (Å²) in [4.78, 5) is 0. The minimum absolute atomic E-state index is 0.118. The largest absolute Gasteiger partial charge is 0.507 e. The number of aromatic hydroxyl groups is 1. The molecule has 0 aliphatic rings. The Hall–Kier alpha value is -1.27. The first kappa shape index (κ1) is 11.8. The third-order valence-electron chi connectivity index (χ3n) is 1.97. The highest BCUT2D eigenvalue weighted by Gasteiger charge is 2.35. The number of rotatable bonds is 2. The number of alkyl halides is 3. The predicted octanol–water partition coefficient (Wildman–Crippen LogP) is 1.40. The molecular weight excluding hydrogens is 211 g/mol. The lowest BCUT2D eigenvalue weighted by Gasteiger charge is -2.15. The van der Waals surface area contributed by atoms with Gasteiger partial charge in [-0.25, -0.2) is 0 Å². The third-order valence-corrected chi connectivity index (χ3v) is 1.97. The molecule has 1 unspecified atom stereocenters. The summed E-state index contributed by atoms with van der Waals surface area (Å²) in [7, 11) is 0. The fraction of sp³-hybridized carbons (Fsp3) is 0.333. The van der Waals surface area contributed by atoms with Gasteiger partial charge in [-0.3, -0.25) is 0 Å². The lowest BCUT2D eigenvalue weighted by Crippen LogP contribution is -2.16. The normalized spacial score (nSPS) is 13.9. The molecule has 0 aliphatic carbocycles. The maximum atomic E-state index is 12.3. The Morgan fingerprint density at radius 3 is 2.40 bits per heavy atom. The number of para-hydroxylation sites is 1. The van der Waals surface area contributed by atoms with E-state index in [0.29, 0.717) is 0 Å². The molecule has 0 amide bonds. The van der Waals surface area contributed by atoms with Crippen molar-refractivity contribution in [3.05, 3.63) is 29.3 Å². The summed E-state index contributed by atoms with van der Waals surface area (Å²) < 4.78 is 37.0. The van der Waals surface area contributed by atoms with Gasteiger partial charge in [0.05, 0.1) is 18.2 Å². The number of hydrogen-bond donors (Lipinski definition) is 3. The van der Waals surface area contributed by atoms with Crippen LogP contribution in [0.3, 0.4) is 0 Å². The van der Waals surface area contributed by atoms with Gasteiger partial charge in [0.15, 0.2) is 0 Å². The van der Waals surface area contributed by atoms with E-state index in [-0.39, 0.29) is 5.56 Å². The van der Waals surface area contributed by atoms with Crippen molar-refractivity contribution in [1.29, 1.82) is 0 Å². The molecule has 1 rings (SSSR count). The Morgan fingerprint density at radius 2 is 1.93 bits per heavy atom. The van der Waals surface area contributed by atoms with Crippen LogP contribution in [0.25, 0.3) is 0 Å². The molecule has 15 heavy (non-hydrogen) atoms. The van der Waals surface area contributed by atoms with E-state index in [2.05, 4.69) is 0 Å². The second-order valence-corrected chi connectivity index (χ2v) is 3.03. The summed E-state index contributed by atoms with van der Waals surface area (Å²) in [5, 5.41) is 18.0. The van der Waals surface area contributed by atoms with Gasteiger partial charge in [0.1, 0.15) is 5.75 Å². The topological polar surface area (TPSA) is 66.5 Å². The second kappa shape index (κ2) is 4.08. The monoisotopic (exact) mass is 221 g/mol. The Morgan fingerprint density at radius 1 is 1.33 bits per heavy atom. The van der Waals surface area contributed by atoms with Gasteiger partial charge in [0, 0.05) is 5.56 Å². The number of aliphatic hydroxyl groups excluding tert-OH is 1. The van der Waals surface area contributed by atoms with Gasteiger partial charge in [-0.1, -0.05) is 12.1 Å². The molecule has 4 N–H and O–H groups in total.